The van der Waals surface area contributed by atoms with Crippen molar-refractivity contribution in [3.63, 3.8) is 0 Å². The molecule has 0 unspecified atom stereocenters. The lowest BCUT2D eigenvalue weighted by Gasteiger charge is -2.14. The number of carbonyl (C=O) groups excluding carboxylic acids is 2. The lowest BCUT2D eigenvalue weighted by atomic mass is 10.0. The minimum absolute atomic E-state index is 0.185. The highest BCUT2D eigenvalue weighted by atomic mass is 35.5. The van der Waals surface area contributed by atoms with Crippen LogP contribution in [0.3, 0.4) is 0 Å². The summed E-state index contributed by atoms with van der Waals surface area (Å²) >= 11 is 5.96. The highest BCUT2D eigenvalue weighted by molar-refractivity contribution is 6.30. The van der Waals surface area contributed by atoms with Crippen molar-refractivity contribution in [1.82, 2.24) is 5.32 Å². The van der Waals surface area contributed by atoms with Crippen LogP contribution in [0.5, 0.6) is 0 Å². The lowest BCUT2D eigenvalue weighted by Crippen LogP contribution is -2.31. The first-order valence-electron chi connectivity index (χ1n) is 8.82. The molecule has 3 rings (SSSR count). The average Bonchev–Trinajstić information content (AvgIpc) is 3.07. The summed E-state index contributed by atoms with van der Waals surface area (Å²) in [5, 5.41) is 3.42. The number of fused-ring (bicyclic) bond motifs is 1. The Hall–Kier alpha value is -2.33. The molecule has 0 saturated carbocycles. The van der Waals surface area contributed by atoms with E-state index in [0.29, 0.717) is 5.02 Å². The number of hydrogen-bond acceptors (Lipinski definition) is 3. The molecule has 0 fully saturated rings. The van der Waals surface area contributed by atoms with E-state index >= 15 is 0 Å². The van der Waals surface area contributed by atoms with Crippen LogP contribution in [-0.4, -0.2) is 18.5 Å². The topological polar surface area (TPSA) is 55.4 Å². The molecule has 0 radical (unpaired) electrons. The summed E-state index contributed by atoms with van der Waals surface area (Å²) in [6.45, 7) is 1.57. The molecule has 0 saturated heterocycles. The third-order valence-corrected chi connectivity index (χ3v) is 4.84. The molecule has 136 valence electrons. The number of nitrogens with one attached hydrogen (secondary N) is 1. The Morgan fingerprint density at radius 3 is 2.77 bits per heavy atom. The molecule has 0 bridgehead atoms. The average molecular weight is 372 g/mol. The minimum atomic E-state index is -0.395. The molecular weight excluding hydrogens is 350 g/mol. The van der Waals surface area contributed by atoms with E-state index in [1.807, 2.05) is 25.1 Å². The van der Waals surface area contributed by atoms with Gasteiger partial charge in [0.05, 0.1) is 12.5 Å². The summed E-state index contributed by atoms with van der Waals surface area (Å²) in [5.74, 6) is -0.728. The Bertz CT molecular complexity index is 819. The normalized spacial score (nSPS) is 13.8. The highest BCUT2D eigenvalue weighted by Gasteiger charge is 2.15. The Morgan fingerprint density at radius 2 is 1.96 bits per heavy atom. The van der Waals surface area contributed by atoms with Crippen molar-refractivity contribution in [3.8, 4) is 0 Å². The van der Waals surface area contributed by atoms with Gasteiger partial charge < -0.3 is 10.1 Å². The molecule has 26 heavy (non-hydrogen) atoms. The van der Waals surface area contributed by atoms with E-state index in [4.69, 9.17) is 16.3 Å². The van der Waals surface area contributed by atoms with Gasteiger partial charge in [0.2, 0.25) is 0 Å². The van der Waals surface area contributed by atoms with Crippen LogP contribution >= 0.6 is 11.6 Å². The third kappa shape index (κ3) is 4.85. The number of rotatable bonds is 6. The molecular formula is C21H22ClNO3. The van der Waals surface area contributed by atoms with E-state index < -0.39 is 5.97 Å². The molecule has 2 aromatic carbocycles. The van der Waals surface area contributed by atoms with Gasteiger partial charge in [-0.25, -0.2) is 0 Å². The maximum Gasteiger partial charge on any atom is 0.310 e. The maximum atomic E-state index is 12.0. The van der Waals surface area contributed by atoms with Crippen LogP contribution in [0.15, 0.2) is 42.5 Å². The Kier molecular flexibility index (Phi) is 5.94. The number of hydrogen-bond donors (Lipinski definition) is 1. The zero-order chi connectivity index (χ0) is 18.5. The number of benzene rings is 2. The standard InChI is InChI=1S/C21H22ClNO3/c1-14(17-5-3-7-19(22)12-17)23-20(24)13-26-21(25)11-15-8-9-16-4-2-6-18(16)10-15/h3,5,7-10,12,14H,2,4,6,11,13H2,1H3,(H,23,24)/t14-/m0/s1. The number of halogens is 1. The van der Waals surface area contributed by atoms with Crippen molar-refractivity contribution in [3.05, 3.63) is 69.7 Å². The van der Waals surface area contributed by atoms with Crippen LogP contribution in [0.2, 0.25) is 5.02 Å². The van der Waals surface area contributed by atoms with Crippen molar-refractivity contribution in [2.24, 2.45) is 0 Å². The predicted molar refractivity (Wildman–Crippen MR) is 101 cm³/mol. The van der Waals surface area contributed by atoms with Crippen molar-refractivity contribution in [2.45, 2.75) is 38.6 Å². The van der Waals surface area contributed by atoms with Gasteiger partial charge in [0.1, 0.15) is 0 Å². The van der Waals surface area contributed by atoms with Crippen LogP contribution in [0.1, 0.15) is 41.6 Å². The van der Waals surface area contributed by atoms with Gasteiger partial charge in [-0.2, -0.15) is 0 Å². The zero-order valence-electron chi connectivity index (χ0n) is 14.8. The molecule has 5 heteroatoms. The van der Waals surface area contributed by atoms with Gasteiger partial charge in [0.15, 0.2) is 6.61 Å². The molecule has 1 aliphatic carbocycles. The number of aryl methyl sites for hydroxylation is 2. The van der Waals surface area contributed by atoms with Gasteiger partial charge in [-0.05, 0) is 60.6 Å². The fraction of sp³-hybridized carbons (Fsp3) is 0.333. The molecule has 0 heterocycles. The highest BCUT2D eigenvalue weighted by Crippen LogP contribution is 2.23. The predicted octanol–water partition coefficient (Wildman–Crippen LogP) is 3.79. The van der Waals surface area contributed by atoms with E-state index in [0.717, 1.165) is 24.0 Å². The number of carbonyl (C=O) groups is 2. The second kappa shape index (κ2) is 8.37. The Morgan fingerprint density at radius 1 is 1.15 bits per heavy atom. The van der Waals surface area contributed by atoms with Crippen LogP contribution in [-0.2, 0) is 33.6 Å². The van der Waals surface area contributed by atoms with Gasteiger partial charge in [0, 0.05) is 5.02 Å². The van der Waals surface area contributed by atoms with Crippen molar-refractivity contribution in [1.29, 1.82) is 0 Å². The molecule has 0 aromatic heterocycles. The summed E-state index contributed by atoms with van der Waals surface area (Å²) in [4.78, 5) is 24.0. The maximum absolute atomic E-state index is 12.0. The molecule has 1 aliphatic rings. The molecule has 4 nitrogen and oxygen atoms in total. The molecule has 2 aromatic rings. The second-order valence-electron chi connectivity index (χ2n) is 6.64. The Balaban J connectivity index is 1.46. The molecule has 1 amide bonds. The van der Waals surface area contributed by atoms with E-state index in [1.165, 1.54) is 17.5 Å². The summed E-state index contributed by atoms with van der Waals surface area (Å²) in [7, 11) is 0. The van der Waals surface area contributed by atoms with Crippen molar-refractivity contribution in [2.75, 3.05) is 6.61 Å². The first-order valence-corrected chi connectivity index (χ1v) is 9.20. The largest absolute Gasteiger partial charge is 0.455 e. The minimum Gasteiger partial charge on any atom is -0.455 e. The van der Waals surface area contributed by atoms with Gasteiger partial charge in [0.25, 0.3) is 5.91 Å². The Labute approximate surface area is 158 Å². The van der Waals surface area contributed by atoms with Crippen LogP contribution in [0, 0.1) is 0 Å². The van der Waals surface area contributed by atoms with Gasteiger partial charge in [-0.15, -0.1) is 0 Å². The number of esters is 1. The second-order valence-corrected chi connectivity index (χ2v) is 7.07. The SMILES string of the molecule is C[C@H](NC(=O)COC(=O)Cc1ccc2c(c1)CCC2)c1cccc(Cl)c1. The zero-order valence-corrected chi connectivity index (χ0v) is 15.5. The summed E-state index contributed by atoms with van der Waals surface area (Å²) in [6.07, 6.45) is 3.55. The molecule has 0 aliphatic heterocycles. The van der Waals surface area contributed by atoms with Gasteiger partial charge in [-0.1, -0.05) is 41.9 Å². The van der Waals surface area contributed by atoms with Crippen LogP contribution in [0.4, 0.5) is 0 Å². The fourth-order valence-electron chi connectivity index (χ4n) is 3.24. The smallest absolute Gasteiger partial charge is 0.310 e. The fourth-order valence-corrected chi connectivity index (χ4v) is 3.44. The van der Waals surface area contributed by atoms with E-state index in [9.17, 15) is 9.59 Å². The van der Waals surface area contributed by atoms with Crippen LogP contribution < -0.4 is 5.32 Å². The molecule has 1 N–H and O–H groups in total. The molecule has 1 atom stereocenters. The van der Waals surface area contributed by atoms with E-state index in [-0.39, 0.29) is 25.0 Å². The van der Waals surface area contributed by atoms with E-state index in [2.05, 4.69) is 17.4 Å². The molecule has 0 spiro atoms. The summed E-state index contributed by atoms with van der Waals surface area (Å²) in [5.41, 5.74) is 4.53. The van der Waals surface area contributed by atoms with Crippen molar-refractivity contribution < 1.29 is 14.3 Å². The van der Waals surface area contributed by atoms with Gasteiger partial charge >= 0.3 is 5.97 Å². The van der Waals surface area contributed by atoms with E-state index in [1.54, 1.807) is 12.1 Å². The van der Waals surface area contributed by atoms with Gasteiger partial charge in [-0.3, -0.25) is 9.59 Å². The first kappa shape index (κ1) is 18.5. The number of ether oxygens (including phenoxy) is 1. The first-order chi connectivity index (χ1) is 12.5. The summed E-state index contributed by atoms with van der Waals surface area (Å²) in [6, 6.07) is 13.2. The lowest BCUT2D eigenvalue weighted by molar-refractivity contribution is -0.148. The quantitative estimate of drug-likeness (QED) is 0.786. The van der Waals surface area contributed by atoms with Crippen molar-refractivity contribution >= 4 is 23.5 Å². The third-order valence-electron chi connectivity index (χ3n) is 4.60. The number of amides is 1. The monoisotopic (exact) mass is 371 g/mol. The summed E-state index contributed by atoms with van der Waals surface area (Å²) < 4.78 is 5.11. The van der Waals surface area contributed by atoms with Crippen LogP contribution in [0.25, 0.3) is 0 Å².